The van der Waals surface area contributed by atoms with E-state index in [-0.39, 0.29) is 37.0 Å². The van der Waals surface area contributed by atoms with Crippen LogP contribution in [0.25, 0.3) is 0 Å². The fourth-order valence-electron chi connectivity index (χ4n) is 2.96. The van der Waals surface area contributed by atoms with Crippen LogP contribution in [0.3, 0.4) is 0 Å². The summed E-state index contributed by atoms with van der Waals surface area (Å²) in [5.74, 6) is -1.24. The number of hydrogen-bond donors (Lipinski definition) is 0. The van der Waals surface area contributed by atoms with Crippen molar-refractivity contribution in [3.8, 4) is 0 Å². The number of rotatable bonds is 6. The van der Waals surface area contributed by atoms with Crippen LogP contribution in [-0.2, 0) is 20.9 Å². The molecule has 0 aromatic heterocycles. The zero-order valence-corrected chi connectivity index (χ0v) is 15.8. The maximum Gasteiger partial charge on any atom is 0.338 e. The first-order chi connectivity index (χ1) is 13.3. The van der Waals surface area contributed by atoms with Crippen LogP contribution in [0, 0.1) is 6.92 Å². The van der Waals surface area contributed by atoms with Gasteiger partial charge in [0.1, 0.15) is 0 Å². The minimum atomic E-state index is -0.908. The third kappa shape index (κ3) is 4.34. The lowest BCUT2D eigenvalue weighted by molar-refractivity contribution is -0.139. The van der Waals surface area contributed by atoms with E-state index in [1.807, 2.05) is 19.1 Å². The smallest absolute Gasteiger partial charge is 0.338 e. The zero-order chi connectivity index (χ0) is 20.3. The Morgan fingerprint density at radius 1 is 0.929 bits per heavy atom. The van der Waals surface area contributed by atoms with Crippen LogP contribution >= 0.6 is 0 Å². The lowest BCUT2D eigenvalue weighted by Gasteiger charge is -2.15. The molecule has 0 radical (unpaired) electrons. The second kappa shape index (κ2) is 8.17. The number of esters is 1. The van der Waals surface area contributed by atoms with Crippen molar-refractivity contribution in [2.45, 2.75) is 39.3 Å². The third-order valence-electron chi connectivity index (χ3n) is 4.67. The van der Waals surface area contributed by atoms with Crippen molar-refractivity contribution in [2.24, 2.45) is 0 Å². The maximum absolute atomic E-state index is 12.4. The molecule has 0 unspecified atom stereocenters. The molecule has 0 saturated carbocycles. The van der Waals surface area contributed by atoms with Crippen LogP contribution in [0.4, 0.5) is 0 Å². The van der Waals surface area contributed by atoms with Crippen molar-refractivity contribution >= 4 is 23.6 Å². The monoisotopic (exact) mass is 379 g/mol. The molecule has 144 valence electrons. The average Bonchev–Trinajstić information content (AvgIpc) is 3.00. The molecule has 1 aliphatic rings. The molecule has 0 spiro atoms. The van der Waals surface area contributed by atoms with Crippen molar-refractivity contribution in [2.75, 3.05) is 0 Å². The van der Waals surface area contributed by atoms with E-state index in [2.05, 4.69) is 0 Å². The standard InChI is InChI=1S/C22H21NO5/c1-14-3-7-17(8-4-14)21(26)15(2)28-22(27)18-9-5-16(6-10-18)13-23-19(24)11-12-20(23)25/h3-10,15H,11-13H2,1-2H3/t15-/m0/s1. The quantitative estimate of drug-likeness (QED) is 0.438. The van der Waals surface area contributed by atoms with Gasteiger partial charge in [0.15, 0.2) is 6.10 Å². The predicted molar refractivity (Wildman–Crippen MR) is 102 cm³/mol. The molecule has 2 aromatic carbocycles. The molecular formula is C22H21NO5. The molecule has 28 heavy (non-hydrogen) atoms. The zero-order valence-electron chi connectivity index (χ0n) is 15.8. The molecule has 0 aliphatic carbocycles. The van der Waals surface area contributed by atoms with Gasteiger partial charge in [-0.2, -0.15) is 0 Å². The van der Waals surface area contributed by atoms with Crippen molar-refractivity contribution in [3.05, 3.63) is 70.8 Å². The van der Waals surface area contributed by atoms with Crippen LogP contribution in [0.5, 0.6) is 0 Å². The largest absolute Gasteiger partial charge is 0.451 e. The molecule has 1 atom stereocenters. The first kappa shape index (κ1) is 19.5. The van der Waals surface area contributed by atoms with Crippen LogP contribution in [0.2, 0.25) is 0 Å². The highest BCUT2D eigenvalue weighted by Crippen LogP contribution is 2.17. The number of carbonyl (C=O) groups is 4. The van der Waals surface area contributed by atoms with Crippen LogP contribution in [-0.4, -0.2) is 34.6 Å². The predicted octanol–water partition coefficient (Wildman–Crippen LogP) is 3.07. The van der Waals surface area contributed by atoms with Crippen LogP contribution in [0.15, 0.2) is 48.5 Å². The summed E-state index contributed by atoms with van der Waals surface area (Å²) in [4.78, 5) is 49.3. The summed E-state index contributed by atoms with van der Waals surface area (Å²) >= 11 is 0. The number of amides is 2. The highest BCUT2D eigenvalue weighted by Gasteiger charge is 2.28. The van der Waals surface area contributed by atoms with E-state index in [0.717, 1.165) is 11.1 Å². The number of imide groups is 1. The summed E-state index contributed by atoms with van der Waals surface area (Å²) in [6, 6.07) is 13.5. The summed E-state index contributed by atoms with van der Waals surface area (Å²) in [5, 5.41) is 0. The number of carbonyl (C=O) groups excluding carboxylic acids is 4. The SMILES string of the molecule is Cc1ccc(C(=O)[C@H](C)OC(=O)c2ccc(CN3C(=O)CCC3=O)cc2)cc1. The molecule has 1 heterocycles. The molecule has 1 saturated heterocycles. The van der Waals surface area contributed by atoms with E-state index in [1.54, 1.807) is 43.3 Å². The maximum atomic E-state index is 12.4. The summed E-state index contributed by atoms with van der Waals surface area (Å²) < 4.78 is 5.28. The minimum absolute atomic E-state index is 0.183. The lowest BCUT2D eigenvalue weighted by Crippen LogP contribution is -2.28. The second-order valence-corrected chi connectivity index (χ2v) is 6.85. The Hall–Kier alpha value is -3.28. The fraction of sp³-hybridized carbons (Fsp3) is 0.273. The van der Waals surface area contributed by atoms with Gasteiger partial charge < -0.3 is 4.74 Å². The molecular weight excluding hydrogens is 358 g/mol. The van der Waals surface area contributed by atoms with Gasteiger partial charge in [-0.25, -0.2) is 4.79 Å². The number of nitrogens with zero attached hydrogens (tertiary/aromatic N) is 1. The van der Waals surface area contributed by atoms with Gasteiger partial charge in [0, 0.05) is 18.4 Å². The van der Waals surface area contributed by atoms with Gasteiger partial charge in [-0.3, -0.25) is 19.3 Å². The molecule has 6 nitrogen and oxygen atoms in total. The van der Waals surface area contributed by atoms with Crippen molar-refractivity contribution in [1.82, 2.24) is 4.90 Å². The van der Waals surface area contributed by atoms with Crippen LogP contribution < -0.4 is 0 Å². The Morgan fingerprint density at radius 3 is 2.04 bits per heavy atom. The number of Topliss-reactive ketones (excluding diaryl/α,β-unsaturated/α-hetero) is 1. The number of aryl methyl sites for hydroxylation is 1. The Kier molecular flexibility index (Phi) is 5.68. The second-order valence-electron chi connectivity index (χ2n) is 6.85. The van der Waals surface area contributed by atoms with Gasteiger partial charge in [0.05, 0.1) is 12.1 Å². The fourth-order valence-corrected chi connectivity index (χ4v) is 2.96. The normalized spacial score (nSPS) is 14.9. The van der Waals surface area contributed by atoms with Gasteiger partial charge in [-0.05, 0) is 31.5 Å². The first-order valence-electron chi connectivity index (χ1n) is 9.09. The Labute approximate surface area is 163 Å². The molecule has 1 fully saturated rings. The van der Waals surface area contributed by atoms with E-state index in [0.29, 0.717) is 11.1 Å². The summed E-state index contributed by atoms with van der Waals surface area (Å²) in [7, 11) is 0. The highest BCUT2D eigenvalue weighted by atomic mass is 16.5. The molecule has 0 N–H and O–H groups in total. The Balaban J connectivity index is 1.61. The summed E-state index contributed by atoms with van der Waals surface area (Å²) in [5.41, 5.74) is 2.56. The van der Waals surface area contributed by atoms with E-state index in [9.17, 15) is 19.2 Å². The van der Waals surface area contributed by atoms with Crippen LogP contribution in [0.1, 0.15) is 51.6 Å². The first-order valence-corrected chi connectivity index (χ1v) is 9.09. The Bertz CT molecular complexity index is 899. The minimum Gasteiger partial charge on any atom is -0.451 e. The highest BCUT2D eigenvalue weighted by molar-refractivity contribution is 6.02. The summed E-state index contributed by atoms with van der Waals surface area (Å²) in [6.45, 7) is 3.66. The lowest BCUT2D eigenvalue weighted by atomic mass is 10.1. The van der Waals surface area contributed by atoms with Gasteiger partial charge in [-0.1, -0.05) is 42.0 Å². The van der Waals surface area contributed by atoms with Gasteiger partial charge in [-0.15, -0.1) is 0 Å². The van der Waals surface area contributed by atoms with Gasteiger partial charge in [0.2, 0.25) is 17.6 Å². The molecule has 2 aromatic rings. The molecule has 1 aliphatic heterocycles. The van der Waals surface area contributed by atoms with Crippen molar-refractivity contribution in [3.63, 3.8) is 0 Å². The van der Waals surface area contributed by atoms with E-state index < -0.39 is 12.1 Å². The number of likely N-dealkylation sites (tertiary alicyclic amines) is 1. The number of ether oxygens (including phenoxy) is 1. The van der Waals surface area contributed by atoms with Gasteiger partial charge in [0.25, 0.3) is 0 Å². The topological polar surface area (TPSA) is 80.8 Å². The third-order valence-corrected chi connectivity index (χ3v) is 4.67. The van der Waals surface area contributed by atoms with E-state index in [1.165, 1.54) is 4.90 Å². The van der Waals surface area contributed by atoms with Gasteiger partial charge >= 0.3 is 5.97 Å². The summed E-state index contributed by atoms with van der Waals surface area (Å²) in [6.07, 6.45) is -0.415. The number of hydrogen-bond acceptors (Lipinski definition) is 5. The van der Waals surface area contributed by atoms with E-state index >= 15 is 0 Å². The van der Waals surface area contributed by atoms with Crippen molar-refractivity contribution in [1.29, 1.82) is 0 Å². The molecule has 3 rings (SSSR count). The molecule has 0 bridgehead atoms. The van der Waals surface area contributed by atoms with Crippen molar-refractivity contribution < 1.29 is 23.9 Å². The van der Waals surface area contributed by atoms with E-state index in [4.69, 9.17) is 4.74 Å². The number of benzene rings is 2. The molecule has 6 heteroatoms. The number of ketones is 1. The Morgan fingerprint density at radius 2 is 1.46 bits per heavy atom. The molecule has 2 amide bonds. The average molecular weight is 379 g/mol.